The monoisotopic (exact) mass is 278 g/mol. The number of hydrogen-bond donors (Lipinski definition) is 0. The predicted octanol–water partition coefficient (Wildman–Crippen LogP) is 1.74. The molecule has 0 aliphatic carbocycles. The number of carbonyl (C=O) groups excluding carboxylic acids is 1. The lowest BCUT2D eigenvalue weighted by molar-refractivity contribution is 0.0596. The van der Waals surface area contributed by atoms with E-state index in [1.165, 1.54) is 39.5 Å². The van der Waals surface area contributed by atoms with E-state index >= 15 is 0 Å². The van der Waals surface area contributed by atoms with Crippen molar-refractivity contribution >= 4 is 5.97 Å². The Balaban J connectivity index is 1.59. The summed E-state index contributed by atoms with van der Waals surface area (Å²) in [6, 6.07) is 2.36. The molecule has 0 spiro atoms. The molecular formula is C15H22N2O3. The van der Waals surface area contributed by atoms with Gasteiger partial charge >= 0.3 is 5.97 Å². The van der Waals surface area contributed by atoms with Crippen molar-refractivity contribution in [2.45, 2.75) is 31.8 Å². The van der Waals surface area contributed by atoms with Crippen LogP contribution in [0.25, 0.3) is 0 Å². The molecule has 1 unspecified atom stereocenters. The number of methoxy groups -OCH3 is 1. The van der Waals surface area contributed by atoms with Gasteiger partial charge in [0, 0.05) is 19.1 Å². The highest BCUT2D eigenvalue weighted by atomic mass is 16.5. The molecule has 0 bridgehead atoms. The van der Waals surface area contributed by atoms with Gasteiger partial charge in [-0.25, -0.2) is 4.79 Å². The molecule has 0 N–H and O–H groups in total. The molecular weight excluding hydrogens is 256 g/mol. The molecule has 1 aromatic heterocycles. The lowest BCUT2D eigenvalue weighted by Crippen LogP contribution is -2.35. The van der Waals surface area contributed by atoms with Gasteiger partial charge in [0.25, 0.3) is 0 Å². The summed E-state index contributed by atoms with van der Waals surface area (Å²) in [6.45, 7) is 5.32. The Morgan fingerprint density at radius 2 is 2.20 bits per heavy atom. The summed E-state index contributed by atoms with van der Waals surface area (Å²) in [5.41, 5.74) is 0.553. The zero-order chi connectivity index (χ0) is 13.9. The van der Waals surface area contributed by atoms with E-state index in [1.54, 1.807) is 12.3 Å². The molecule has 110 valence electrons. The van der Waals surface area contributed by atoms with Crippen LogP contribution in [-0.4, -0.2) is 55.1 Å². The van der Waals surface area contributed by atoms with Crippen LogP contribution in [0.1, 0.15) is 35.4 Å². The second-order valence-electron chi connectivity index (χ2n) is 5.67. The average molecular weight is 278 g/mol. The third-order valence-electron chi connectivity index (χ3n) is 4.42. The third-order valence-corrected chi connectivity index (χ3v) is 4.42. The Hall–Kier alpha value is -1.33. The first kappa shape index (κ1) is 13.6. The van der Waals surface area contributed by atoms with Crippen LogP contribution in [0.4, 0.5) is 0 Å². The summed E-state index contributed by atoms with van der Waals surface area (Å²) in [7, 11) is 1.40. The zero-order valence-electron chi connectivity index (χ0n) is 12.0. The lowest BCUT2D eigenvalue weighted by Gasteiger charge is -2.23. The number of likely N-dealkylation sites (tertiary alicyclic amines) is 2. The number of furan rings is 1. The SMILES string of the molecule is COC(=O)c1ccoc1CN1CCC(N2CCCC2)C1. The smallest absolute Gasteiger partial charge is 0.341 e. The van der Waals surface area contributed by atoms with E-state index in [1.807, 2.05) is 0 Å². The van der Waals surface area contributed by atoms with Crippen LogP contribution in [-0.2, 0) is 11.3 Å². The second kappa shape index (κ2) is 5.97. The third kappa shape index (κ3) is 2.74. The normalized spacial score (nSPS) is 24.4. The van der Waals surface area contributed by atoms with E-state index in [0.29, 0.717) is 18.2 Å². The van der Waals surface area contributed by atoms with Gasteiger partial charge in [-0.15, -0.1) is 0 Å². The Labute approximate surface area is 119 Å². The van der Waals surface area contributed by atoms with Crippen LogP contribution < -0.4 is 0 Å². The van der Waals surface area contributed by atoms with Gasteiger partial charge in [0.05, 0.1) is 19.9 Å². The van der Waals surface area contributed by atoms with Gasteiger partial charge in [0.2, 0.25) is 0 Å². The maximum absolute atomic E-state index is 11.6. The first-order valence-electron chi connectivity index (χ1n) is 7.39. The molecule has 2 aliphatic heterocycles. The van der Waals surface area contributed by atoms with Crippen LogP contribution in [0.2, 0.25) is 0 Å². The Morgan fingerprint density at radius 1 is 1.40 bits per heavy atom. The number of carbonyl (C=O) groups is 1. The quantitative estimate of drug-likeness (QED) is 0.785. The standard InChI is InChI=1S/C15H22N2O3/c1-19-15(18)13-5-9-20-14(13)11-16-8-4-12(10-16)17-6-2-3-7-17/h5,9,12H,2-4,6-8,10-11H2,1H3. The molecule has 5 nitrogen and oxygen atoms in total. The summed E-state index contributed by atoms with van der Waals surface area (Å²) >= 11 is 0. The summed E-state index contributed by atoms with van der Waals surface area (Å²) in [6.07, 6.45) is 5.45. The molecule has 1 aromatic rings. The number of rotatable bonds is 4. The summed E-state index contributed by atoms with van der Waals surface area (Å²) in [5, 5.41) is 0. The highest BCUT2D eigenvalue weighted by Gasteiger charge is 2.30. The Bertz CT molecular complexity index is 465. The molecule has 2 aliphatic rings. The molecule has 1 atom stereocenters. The van der Waals surface area contributed by atoms with E-state index in [2.05, 4.69) is 9.80 Å². The predicted molar refractivity (Wildman–Crippen MR) is 74.5 cm³/mol. The van der Waals surface area contributed by atoms with Gasteiger partial charge in [-0.05, 0) is 38.4 Å². The van der Waals surface area contributed by atoms with Crippen molar-refractivity contribution in [1.82, 2.24) is 9.80 Å². The van der Waals surface area contributed by atoms with Crippen molar-refractivity contribution in [2.75, 3.05) is 33.3 Å². The minimum Gasteiger partial charge on any atom is -0.467 e. The van der Waals surface area contributed by atoms with E-state index in [-0.39, 0.29) is 5.97 Å². The molecule has 3 heterocycles. The fourth-order valence-electron chi connectivity index (χ4n) is 3.32. The molecule has 5 heteroatoms. The highest BCUT2D eigenvalue weighted by molar-refractivity contribution is 5.90. The van der Waals surface area contributed by atoms with Crippen molar-refractivity contribution in [1.29, 1.82) is 0 Å². The van der Waals surface area contributed by atoms with Crippen LogP contribution in [0.15, 0.2) is 16.7 Å². The molecule has 0 saturated carbocycles. The molecule has 2 fully saturated rings. The second-order valence-corrected chi connectivity index (χ2v) is 5.67. The minimum absolute atomic E-state index is 0.316. The van der Waals surface area contributed by atoms with Crippen LogP contribution in [0.5, 0.6) is 0 Å². The topological polar surface area (TPSA) is 45.9 Å². The molecule has 0 aromatic carbocycles. The van der Waals surface area contributed by atoms with E-state index in [4.69, 9.17) is 9.15 Å². The van der Waals surface area contributed by atoms with Crippen LogP contribution >= 0.6 is 0 Å². The van der Waals surface area contributed by atoms with E-state index in [0.717, 1.165) is 18.8 Å². The maximum Gasteiger partial charge on any atom is 0.341 e. The van der Waals surface area contributed by atoms with Gasteiger partial charge in [0.15, 0.2) is 0 Å². The average Bonchev–Trinajstić information content (AvgIpc) is 3.19. The number of hydrogen-bond acceptors (Lipinski definition) is 5. The summed E-state index contributed by atoms with van der Waals surface area (Å²) < 4.78 is 10.2. The van der Waals surface area contributed by atoms with E-state index < -0.39 is 0 Å². The lowest BCUT2D eigenvalue weighted by atomic mass is 10.2. The zero-order valence-corrected chi connectivity index (χ0v) is 12.0. The van der Waals surface area contributed by atoms with Crippen molar-refractivity contribution in [3.05, 3.63) is 23.7 Å². The van der Waals surface area contributed by atoms with E-state index in [9.17, 15) is 4.79 Å². The van der Waals surface area contributed by atoms with Crippen LogP contribution in [0, 0.1) is 0 Å². The highest BCUT2D eigenvalue weighted by Crippen LogP contribution is 2.23. The first-order chi connectivity index (χ1) is 9.78. The molecule has 0 amide bonds. The van der Waals surface area contributed by atoms with Crippen LogP contribution in [0.3, 0.4) is 0 Å². The molecule has 3 rings (SSSR count). The van der Waals surface area contributed by atoms with Crippen molar-refractivity contribution in [2.24, 2.45) is 0 Å². The molecule has 2 saturated heterocycles. The van der Waals surface area contributed by atoms with Gasteiger partial charge in [-0.2, -0.15) is 0 Å². The fourth-order valence-corrected chi connectivity index (χ4v) is 3.32. The maximum atomic E-state index is 11.6. The van der Waals surface area contributed by atoms with Gasteiger partial charge in [-0.1, -0.05) is 0 Å². The van der Waals surface area contributed by atoms with Crippen molar-refractivity contribution in [3.63, 3.8) is 0 Å². The molecule has 0 radical (unpaired) electrons. The first-order valence-corrected chi connectivity index (χ1v) is 7.39. The largest absolute Gasteiger partial charge is 0.467 e. The number of nitrogens with zero attached hydrogens (tertiary/aromatic N) is 2. The van der Waals surface area contributed by atoms with Gasteiger partial charge < -0.3 is 9.15 Å². The Kier molecular flexibility index (Phi) is 4.08. The number of ether oxygens (including phenoxy) is 1. The van der Waals surface area contributed by atoms with Crippen molar-refractivity contribution in [3.8, 4) is 0 Å². The van der Waals surface area contributed by atoms with Gasteiger partial charge in [-0.3, -0.25) is 9.80 Å². The summed E-state index contributed by atoms with van der Waals surface area (Å²) in [5.74, 6) is 0.406. The Morgan fingerprint density at radius 3 is 2.95 bits per heavy atom. The molecule has 20 heavy (non-hydrogen) atoms. The fraction of sp³-hybridized carbons (Fsp3) is 0.667. The van der Waals surface area contributed by atoms with Gasteiger partial charge in [0.1, 0.15) is 11.3 Å². The number of esters is 1. The van der Waals surface area contributed by atoms with Crippen molar-refractivity contribution < 1.29 is 13.9 Å². The summed E-state index contributed by atoms with van der Waals surface area (Å²) in [4.78, 5) is 16.6. The minimum atomic E-state index is -0.316.